The number of anilines is 1. The number of amides is 3. The fourth-order valence-corrected chi connectivity index (χ4v) is 5.75. The topological polar surface area (TPSA) is 91.4 Å². The first-order chi connectivity index (χ1) is 14.3. The highest BCUT2D eigenvalue weighted by atomic mass is 32.2. The lowest BCUT2D eigenvalue weighted by atomic mass is 9.84. The molecule has 0 aliphatic carbocycles. The van der Waals surface area contributed by atoms with Crippen LogP contribution in [0.5, 0.6) is 0 Å². The van der Waals surface area contributed by atoms with E-state index in [0.717, 1.165) is 5.56 Å². The van der Waals surface area contributed by atoms with Gasteiger partial charge in [0.25, 0.3) is 5.91 Å². The Hall–Kier alpha value is -2.87. The molecule has 0 bridgehead atoms. The van der Waals surface area contributed by atoms with Gasteiger partial charge in [0.05, 0.1) is 11.9 Å². The van der Waals surface area contributed by atoms with Crippen LogP contribution in [0.4, 0.5) is 5.69 Å². The van der Waals surface area contributed by atoms with E-state index in [-0.39, 0.29) is 36.1 Å². The lowest BCUT2D eigenvalue weighted by Gasteiger charge is -2.40. The number of carbonyl (C=O) groups is 3. The van der Waals surface area contributed by atoms with Crippen LogP contribution >= 0.6 is 11.8 Å². The smallest absolute Gasteiger partial charge is 0.256 e. The van der Waals surface area contributed by atoms with Crippen molar-refractivity contribution in [3.63, 3.8) is 0 Å². The van der Waals surface area contributed by atoms with Gasteiger partial charge in [-0.1, -0.05) is 18.2 Å². The summed E-state index contributed by atoms with van der Waals surface area (Å²) in [6.45, 7) is 5.97. The Balaban J connectivity index is 1.45. The molecule has 2 N–H and O–H groups in total. The zero-order valence-electron chi connectivity index (χ0n) is 17.1. The summed E-state index contributed by atoms with van der Waals surface area (Å²) in [7, 11) is 0. The van der Waals surface area contributed by atoms with Crippen molar-refractivity contribution in [2.45, 2.75) is 42.9 Å². The number of thioether (sulfide) groups is 1. The van der Waals surface area contributed by atoms with Gasteiger partial charge in [0.15, 0.2) is 0 Å². The molecule has 0 spiro atoms. The molecular weight excluding hydrogens is 400 g/mol. The Kier molecular flexibility index (Phi) is 5.05. The fraction of sp³-hybridized carbons (Fsp3) is 0.364. The van der Waals surface area contributed by atoms with E-state index >= 15 is 0 Å². The van der Waals surface area contributed by atoms with E-state index in [1.807, 2.05) is 45.0 Å². The van der Waals surface area contributed by atoms with Crippen molar-refractivity contribution in [1.82, 2.24) is 15.2 Å². The second kappa shape index (κ2) is 7.43. The van der Waals surface area contributed by atoms with Crippen LogP contribution in [0.25, 0.3) is 0 Å². The van der Waals surface area contributed by atoms with Crippen LogP contribution in [-0.2, 0) is 9.59 Å². The van der Waals surface area contributed by atoms with Crippen LogP contribution in [0.3, 0.4) is 0 Å². The Bertz CT molecular complexity index is 1010. The van der Waals surface area contributed by atoms with E-state index < -0.39 is 10.3 Å². The molecule has 2 aromatic rings. The van der Waals surface area contributed by atoms with Gasteiger partial charge in [-0.25, -0.2) is 0 Å². The molecule has 2 aliphatic rings. The van der Waals surface area contributed by atoms with Gasteiger partial charge in [0.2, 0.25) is 11.8 Å². The minimum absolute atomic E-state index is 0.124. The molecule has 1 saturated heterocycles. The third-order valence-corrected chi connectivity index (χ3v) is 7.67. The zero-order valence-corrected chi connectivity index (χ0v) is 18.0. The molecule has 1 aromatic heterocycles. The molecule has 7 nitrogen and oxygen atoms in total. The van der Waals surface area contributed by atoms with E-state index in [1.165, 1.54) is 0 Å². The second-order valence-corrected chi connectivity index (χ2v) is 9.81. The molecule has 2 aliphatic heterocycles. The molecule has 3 amide bonds. The van der Waals surface area contributed by atoms with E-state index in [4.69, 9.17) is 0 Å². The summed E-state index contributed by atoms with van der Waals surface area (Å²) in [5.74, 6) is -0.588. The number of carbonyl (C=O) groups excluding carboxylic acids is 3. The number of fused-ring (bicyclic) bond motifs is 3. The van der Waals surface area contributed by atoms with Gasteiger partial charge in [-0.3, -0.25) is 19.4 Å². The van der Waals surface area contributed by atoms with Crippen molar-refractivity contribution in [3.05, 3.63) is 59.9 Å². The number of aromatic nitrogens is 1. The Morgan fingerprint density at radius 2 is 1.93 bits per heavy atom. The Labute approximate surface area is 179 Å². The predicted octanol–water partition coefficient (Wildman–Crippen LogP) is 2.97. The van der Waals surface area contributed by atoms with Crippen LogP contribution in [0, 0.1) is 0 Å². The van der Waals surface area contributed by atoms with Crippen LogP contribution in [-0.4, -0.2) is 44.4 Å². The maximum absolute atomic E-state index is 13.3. The summed E-state index contributed by atoms with van der Waals surface area (Å²) >= 11 is 1.62. The first-order valence-electron chi connectivity index (χ1n) is 9.84. The predicted molar refractivity (Wildman–Crippen MR) is 116 cm³/mol. The van der Waals surface area contributed by atoms with Crippen LogP contribution < -0.4 is 10.6 Å². The van der Waals surface area contributed by atoms with Gasteiger partial charge >= 0.3 is 0 Å². The van der Waals surface area contributed by atoms with Crippen molar-refractivity contribution in [2.75, 3.05) is 11.9 Å². The summed E-state index contributed by atoms with van der Waals surface area (Å²) < 4.78 is -0.497. The normalized spacial score (nSPS) is 23.6. The van der Waals surface area contributed by atoms with E-state index in [9.17, 15) is 14.4 Å². The van der Waals surface area contributed by atoms with Crippen LogP contribution in [0.2, 0.25) is 0 Å². The zero-order chi connectivity index (χ0) is 21.5. The molecular formula is C22H24N4O3S. The Morgan fingerprint density at radius 3 is 2.67 bits per heavy atom. The molecule has 3 heterocycles. The summed E-state index contributed by atoms with van der Waals surface area (Å²) in [4.78, 5) is 44.2. The number of pyridine rings is 1. The first-order valence-corrected chi connectivity index (χ1v) is 10.7. The lowest BCUT2D eigenvalue weighted by molar-refractivity contribution is -0.132. The van der Waals surface area contributed by atoms with Gasteiger partial charge in [-0.2, -0.15) is 0 Å². The highest BCUT2D eigenvalue weighted by molar-refractivity contribution is 8.01. The van der Waals surface area contributed by atoms with Crippen molar-refractivity contribution in [2.24, 2.45) is 0 Å². The van der Waals surface area contributed by atoms with Crippen molar-refractivity contribution >= 4 is 35.2 Å². The largest absolute Gasteiger partial charge is 0.354 e. The quantitative estimate of drug-likeness (QED) is 0.770. The van der Waals surface area contributed by atoms with Crippen molar-refractivity contribution < 1.29 is 14.4 Å². The molecule has 1 fully saturated rings. The van der Waals surface area contributed by atoms with E-state index in [1.54, 1.807) is 41.2 Å². The molecule has 1 aromatic carbocycles. The highest BCUT2D eigenvalue weighted by Crippen LogP contribution is 2.61. The van der Waals surface area contributed by atoms with Gasteiger partial charge in [0.1, 0.15) is 10.9 Å². The molecule has 156 valence electrons. The van der Waals surface area contributed by atoms with Crippen LogP contribution in [0.15, 0.2) is 48.8 Å². The molecule has 0 saturated carbocycles. The van der Waals surface area contributed by atoms with E-state index in [2.05, 4.69) is 15.6 Å². The third-order valence-electron chi connectivity index (χ3n) is 6.00. The lowest BCUT2D eigenvalue weighted by Crippen LogP contribution is -2.63. The molecule has 2 atom stereocenters. The molecule has 0 radical (unpaired) electrons. The first kappa shape index (κ1) is 20.4. The maximum atomic E-state index is 13.3. The van der Waals surface area contributed by atoms with Crippen LogP contribution in [0.1, 0.15) is 48.5 Å². The highest BCUT2D eigenvalue weighted by Gasteiger charge is 2.65. The summed E-state index contributed by atoms with van der Waals surface area (Å²) in [6.07, 6.45) is 3.32. The molecule has 4 rings (SSSR count). The molecule has 30 heavy (non-hydrogen) atoms. The monoisotopic (exact) mass is 424 g/mol. The number of hydrogen-bond donors (Lipinski definition) is 2. The average Bonchev–Trinajstić information content (AvgIpc) is 3.11. The van der Waals surface area contributed by atoms with Gasteiger partial charge in [-0.05, 0) is 44.5 Å². The summed E-state index contributed by atoms with van der Waals surface area (Å²) in [6, 6.07) is 11.0. The number of nitrogens with zero attached hydrogens (tertiary/aromatic N) is 2. The minimum atomic E-state index is -1.04. The standard InChI is InChI=1S/C22H24N4O3S/c1-21(2)22(3,26-18(28)15-8-4-5-9-16(15)19(26)30-21)20(29)24-12-10-17(27)25-14-7-6-11-23-13-14/h4-9,11,13,19H,10,12H2,1-3H3,(H,24,29)(H,25,27)/t19-,22+/m1/s1. The Morgan fingerprint density at radius 1 is 1.17 bits per heavy atom. The second-order valence-electron chi connectivity index (χ2n) is 8.11. The summed E-state index contributed by atoms with van der Waals surface area (Å²) in [5, 5.41) is 5.43. The summed E-state index contributed by atoms with van der Waals surface area (Å²) in [5.41, 5.74) is 1.17. The fourth-order valence-electron chi connectivity index (χ4n) is 4.02. The number of nitrogens with one attached hydrogen (secondary N) is 2. The van der Waals surface area contributed by atoms with Gasteiger partial charge in [0, 0.05) is 29.5 Å². The van der Waals surface area contributed by atoms with Crippen molar-refractivity contribution in [1.29, 1.82) is 0 Å². The number of benzene rings is 1. The van der Waals surface area contributed by atoms with Gasteiger partial charge < -0.3 is 15.5 Å². The maximum Gasteiger partial charge on any atom is 0.256 e. The third kappa shape index (κ3) is 3.15. The minimum Gasteiger partial charge on any atom is -0.354 e. The van der Waals surface area contributed by atoms with Gasteiger partial charge in [-0.15, -0.1) is 11.8 Å². The number of hydrogen-bond acceptors (Lipinski definition) is 5. The average molecular weight is 425 g/mol. The SMILES string of the molecule is CC1(C)S[C@@H]2c3ccccc3C(=O)N2[C@@]1(C)C(=O)NCCC(=O)Nc1cccnc1. The molecule has 8 heteroatoms. The molecule has 0 unspecified atom stereocenters. The van der Waals surface area contributed by atoms with E-state index in [0.29, 0.717) is 11.3 Å². The number of rotatable bonds is 5. The van der Waals surface area contributed by atoms with Crippen molar-refractivity contribution in [3.8, 4) is 0 Å².